The number of nitrogens with one attached hydrogen (secondary N) is 1. The molecule has 3 fully saturated rings. The maximum absolute atomic E-state index is 14.0. The second-order valence-electron chi connectivity index (χ2n) is 11.5. The van der Waals surface area contributed by atoms with Crippen molar-refractivity contribution >= 4 is 79.7 Å². The molecular weight excluding hydrogens is 691 g/mol. The SMILES string of the molecule is O=C1C2C(C(=O)N1c1ccc(Br)cc1)[C@@H]1C[C@H]2C2Sc3[nH]c(=O)sc3C(c3cc(Cl)ccc3OCc3cccc(Cl)c3)C21. The van der Waals surface area contributed by atoms with Crippen molar-refractivity contribution in [2.24, 2.45) is 29.6 Å². The molecule has 4 aromatic rings. The number of aromatic nitrogens is 1. The van der Waals surface area contributed by atoms with Crippen LogP contribution in [-0.2, 0) is 16.2 Å². The van der Waals surface area contributed by atoms with Crippen LogP contribution in [0.15, 0.2) is 81.0 Å². The molecule has 8 rings (SSSR count). The predicted molar refractivity (Wildman–Crippen MR) is 172 cm³/mol. The minimum Gasteiger partial charge on any atom is -0.489 e. The van der Waals surface area contributed by atoms with Crippen molar-refractivity contribution < 1.29 is 14.3 Å². The smallest absolute Gasteiger partial charge is 0.305 e. The number of carbonyl (C=O) groups is 2. The number of amides is 2. The summed E-state index contributed by atoms with van der Waals surface area (Å²) in [7, 11) is 0. The zero-order valence-electron chi connectivity index (χ0n) is 22.3. The van der Waals surface area contributed by atoms with Gasteiger partial charge in [0.05, 0.1) is 22.5 Å². The monoisotopic (exact) mass is 712 g/mol. The molecule has 0 radical (unpaired) electrons. The zero-order chi connectivity index (χ0) is 29.6. The van der Waals surface area contributed by atoms with Gasteiger partial charge in [0.1, 0.15) is 12.4 Å². The van der Waals surface area contributed by atoms with Crippen molar-refractivity contribution in [1.29, 1.82) is 0 Å². The zero-order valence-corrected chi connectivity index (χ0v) is 27.1. The van der Waals surface area contributed by atoms with Gasteiger partial charge in [-0.1, -0.05) is 62.6 Å². The van der Waals surface area contributed by atoms with Crippen molar-refractivity contribution in [3.63, 3.8) is 0 Å². The number of carbonyl (C=O) groups excluding carboxylic acids is 2. The first-order valence-electron chi connectivity index (χ1n) is 14.0. The molecule has 4 aliphatic rings. The number of H-pyrrole nitrogens is 1. The Morgan fingerprint density at radius 1 is 0.930 bits per heavy atom. The van der Waals surface area contributed by atoms with E-state index in [-0.39, 0.29) is 51.5 Å². The van der Waals surface area contributed by atoms with Crippen LogP contribution in [0.3, 0.4) is 0 Å². The van der Waals surface area contributed by atoms with Crippen molar-refractivity contribution in [2.45, 2.75) is 29.2 Å². The summed E-state index contributed by atoms with van der Waals surface area (Å²) in [6.07, 6.45) is 0.804. The number of imide groups is 1. The van der Waals surface area contributed by atoms with E-state index >= 15 is 0 Å². The second-order valence-corrected chi connectivity index (χ2v) is 15.5. The third kappa shape index (κ3) is 4.45. The summed E-state index contributed by atoms with van der Waals surface area (Å²) in [5.41, 5.74) is 2.43. The number of ether oxygens (including phenoxy) is 1. The maximum Gasteiger partial charge on any atom is 0.305 e. The number of aromatic amines is 1. The molecule has 1 saturated heterocycles. The summed E-state index contributed by atoms with van der Waals surface area (Å²) < 4.78 is 7.29. The molecule has 3 heterocycles. The first-order chi connectivity index (χ1) is 20.8. The fraction of sp³-hybridized carbons (Fsp3) is 0.281. The molecule has 43 heavy (non-hydrogen) atoms. The van der Waals surface area contributed by atoms with Crippen molar-refractivity contribution in [2.75, 3.05) is 4.90 Å². The molecule has 11 heteroatoms. The number of thioether (sulfide) groups is 1. The van der Waals surface area contributed by atoms with Gasteiger partial charge in [-0.25, -0.2) is 0 Å². The number of halogens is 3. The Balaban J connectivity index is 1.20. The topological polar surface area (TPSA) is 79.5 Å². The lowest BCUT2D eigenvalue weighted by Crippen LogP contribution is -2.42. The molecule has 1 aromatic heterocycles. The van der Waals surface area contributed by atoms with Crippen LogP contribution in [0.4, 0.5) is 5.69 Å². The van der Waals surface area contributed by atoms with E-state index in [4.69, 9.17) is 27.9 Å². The molecule has 5 unspecified atom stereocenters. The van der Waals surface area contributed by atoms with Gasteiger partial charge in [0.2, 0.25) is 11.8 Å². The van der Waals surface area contributed by atoms with Crippen molar-refractivity contribution in [3.8, 4) is 5.75 Å². The van der Waals surface area contributed by atoms with Gasteiger partial charge in [0.15, 0.2) is 0 Å². The first kappa shape index (κ1) is 28.0. The summed E-state index contributed by atoms with van der Waals surface area (Å²) in [6, 6.07) is 20.5. The molecule has 2 aliphatic carbocycles. The first-order valence-corrected chi connectivity index (χ1v) is 17.2. The fourth-order valence-corrected chi connectivity index (χ4v) is 11.4. The highest BCUT2D eigenvalue weighted by Gasteiger charge is 2.69. The molecule has 2 amide bonds. The van der Waals surface area contributed by atoms with E-state index in [9.17, 15) is 14.4 Å². The van der Waals surface area contributed by atoms with E-state index in [0.29, 0.717) is 28.1 Å². The van der Waals surface area contributed by atoms with E-state index in [2.05, 4.69) is 20.9 Å². The average Bonchev–Trinajstić information content (AvgIpc) is 3.72. The Morgan fingerprint density at radius 2 is 1.67 bits per heavy atom. The number of anilines is 1. The minimum absolute atomic E-state index is 0.0143. The highest BCUT2D eigenvalue weighted by molar-refractivity contribution is 9.10. The molecule has 1 N–H and O–H groups in total. The molecule has 2 saturated carbocycles. The fourth-order valence-electron chi connectivity index (χ4n) is 7.89. The van der Waals surface area contributed by atoms with Gasteiger partial charge >= 0.3 is 4.87 Å². The van der Waals surface area contributed by atoms with E-state index < -0.39 is 5.92 Å². The second kappa shape index (κ2) is 10.5. The highest BCUT2D eigenvalue weighted by atomic mass is 79.9. The standard InChI is InChI=1S/C32H23BrCl2N2O4S2/c33-15-4-7-18(8-5-15)37-30(38)25-20-12-21(26(25)31(37)39)27-24(20)23(28-29(42-27)36-32(40)43-28)19-11-17(35)6-9-22(19)41-13-14-2-1-3-16(34)10-14/h1-11,20-21,23-27H,12-13H2,(H,36,40)/t20-,21-,23?,24?,25?,26?,27?/m1/s1. The summed E-state index contributed by atoms with van der Waals surface area (Å²) in [5.74, 6) is -0.477. The van der Waals surface area contributed by atoms with Crippen LogP contribution in [0.2, 0.25) is 10.0 Å². The van der Waals surface area contributed by atoms with Gasteiger partial charge < -0.3 is 9.72 Å². The van der Waals surface area contributed by atoms with Gasteiger partial charge in [0, 0.05) is 36.1 Å². The molecule has 218 valence electrons. The van der Waals surface area contributed by atoms with E-state index in [1.54, 1.807) is 17.8 Å². The molecular formula is C32H23BrCl2N2O4S2. The Kier molecular flexibility index (Phi) is 6.84. The number of benzene rings is 3. The van der Waals surface area contributed by atoms with Crippen LogP contribution in [0.25, 0.3) is 0 Å². The number of rotatable bonds is 5. The van der Waals surface area contributed by atoms with E-state index in [0.717, 1.165) is 31.9 Å². The summed E-state index contributed by atoms with van der Waals surface area (Å²) >= 11 is 19.1. The predicted octanol–water partition coefficient (Wildman–Crippen LogP) is 7.76. The third-order valence-corrected chi connectivity index (χ3v) is 13.0. The van der Waals surface area contributed by atoms with Gasteiger partial charge in [-0.2, -0.15) is 0 Å². The largest absolute Gasteiger partial charge is 0.489 e. The van der Waals surface area contributed by atoms with Crippen LogP contribution in [0, 0.1) is 29.6 Å². The number of thiazole rings is 1. The summed E-state index contributed by atoms with van der Waals surface area (Å²) in [6.45, 7) is 0.312. The van der Waals surface area contributed by atoms with E-state index in [1.807, 2.05) is 60.7 Å². The highest BCUT2D eigenvalue weighted by Crippen LogP contribution is 2.69. The van der Waals surface area contributed by atoms with Crippen molar-refractivity contribution in [1.82, 2.24) is 4.98 Å². The molecule has 6 nitrogen and oxygen atoms in total. The lowest BCUT2D eigenvalue weighted by molar-refractivity contribution is -0.123. The molecule has 2 bridgehead atoms. The molecule has 0 spiro atoms. The minimum atomic E-state index is -0.391. The average molecular weight is 714 g/mol. The van der Waals surface area contributed by atoms with Crippen LogP contribution in [-0.4, -0.2) is 22.0 Å². The lowest BCUT2D eigenvalue weighted by Gasteiger charge is -2.43. The normalized spacial score (nSPS) is 28.6. The Labute approximate surface area is 273 Å². The summed E-state index contributed by atoms with van der Waals surface area (Å²) in [5, 5.41) is 2.11. The maximum atomic E-state index is 14.0. The quantitative estimate of drug-likeness (QED) is 0.214. The van der Waals surface area contributed by atoms with Gasteiger partial charge in [-0.15, -0.1) is 11.8 Å². The molecule has 2 aliphatic heterocycles. The van der Waals surface area contributed by atoms with E-state index in [1.165, 1.54) is 16.2 Å². The van der Waals surface area contributed by atoms with Crippen LogP contribution in [0.1, 0.15) is 28.3 Å². The number of hydrogen-bond acceptors (Lipinski definition) is 6. The number of nitrogens with zero attached hydrogens (tertiary/aromatic N) is 1. The number of fused-ring (bicyclic) bond motifs is 9. The lowest BCUT2D eigenvalue weighted by atomic mass is 9.68. The molecule has 3 aromatic carbocycles. The third-order valence-electron chi connectivity index (χ3n) is 9.40. The Bertz CT molecular complexity index is 1860. The van der Waals surface area contributed by atoms with Gasteiger partial charge in [0.25, 0.3) is 0 Å². The van der Waals surface area contributed by atoms with Crippen LogP contribution >= 0.6 is 62.2 Å². The summed E-state index contributed by atoms with van der Waals surface area (Å²) in [4.78, 5) is 45.9. The van der Waals surface area contributed by atoms with Crippen LogP contribution < -0.4 is 14.5 Å². The molecule has 7 atom stereocenters. The van der Waals surface area contributed by atoms with Gasteiger partial charge in [-0.05, 0) is 84.3 Å². The van der Waals surface area contributed by atoms with Crippen molar-refractivity contribution in [3.05, 3.63) is 107 Å². The Morgan fingerprint density at radius 3 is 2.44 bits per heavy atom. The van der Waals surface area contributed by atoms with Crippen LogP contribution in [0.5, 0.6) is 5.75 Å². The number of hydrogen-bond donors (Lipinski definition) is 1. The Hall–Kier alpha value is -2.56. The van der Waals surface area contributed by atoms with Gasteiger partial charge in [-0.3, -0.25) is 19.3 Å².